The highest BCUT2D eigenvalue weighted by atomic mass is 16.6. The van der Waals surface area contributed by atoms with Crippen molar-refractivity contribution in [2.45, 2.75) is 13.3 Å². The zero-order valence-corrected chi connectivity index (χ0v) is 9.59. The van der Waals surface area contributed by atoms with Crippen LogP contribution in [-0.4, -0.2) is 29.7 Å². The Labute approximate surface area is 98.7 Å². The maximum absolute atomic E-state index is 10.7. The number of nitrogens with zero attached hydrogens (tertiary/aromatic N) is 2. The van der Waals surface area contributed by atoms with E-state index < -0.39 is 4.92 Å². The molecule has 0 fully saturated rings. The lowest BCUT2D eigenvalue weighted by molar-refractivity contribution is -0.386. The molecule has 0 spiro atoms. The van der Waals surface area contributed by atoms with Gasteiger partial charge < -0.3 is 15.2 Å². The maximum Gasteiger partial charge on any atom is 0.331 e. The molecule has 1 rings (SSSR count). The Hall–Kier alpha value is -1.89. The van der Waals surface area contributed by atoms with Crippen molar-refractivity contribution >= 4 is 11.5 Å². The number of ether oxygens (including phenoxy) is 2. The highest BCUT2D eigenvalue weighted by Gasteiger charge is 2.16. The first kappa shape index (κ1) is 13.2. The fourth-order valence-corrected chi connectivity index (χ4v) is 1.14. The molecule has 0 saturated carbocycles. The summed E-state index contributed by atoms with van der Waals surface area (Å²) in [5, 5.41) is 10.7. The van der Waals surface area contributed by atoms with Crippen LogP contribution in [0.1, 0.15) is 13.3 Å². The number of pyridine rings is 1. The third-order valence-corrected chi connectivity index (χ3v) is 1.87. The summed E-state index contributed by atoms with van der Waals surface area (Å²) in [6, 6.07) is 2.63. The number of nitrogens with two attached hydrogens (primary N) is 1. The molecule has 0 aliphatic carbocycles. The molecule has 0 atom stereocenters. The van der Waals surface area contributed by atoms with Crippen molar-refractivity contribution in [2.24, 2.45) is 0 Å². The minimum atomic E-state index is -0.561. The summed E-state index contributed by atoms with van der Waals surface area (Å²) in [6.45, 7) is 3.19. The van der Waals surface area contributed by atoms with Crippen LogP contribution in [-0.2, 0) is 4.74 Å². The van der Waals surface area contributed by atoms with Crippen molar-refractivity contribution in [1.29, 1.82) is 0 Å². The van der Waals surface area contributed by atoms with Crippen LogP contribution in [0.2, 0.25) is 0 Å². The Morgan fingerprint density at radius 1 is 1.41 bits per heavy atom. The third-order valence-electron chi connectivity index (χ3n) is 1.87. The molecule has 0 unspecified atom stereocenters. The summed E-state index contributed by atoms with van der Waals surface area (Å²) in [4.78, 5) is 13.9. The molecule has 94 valence electrons. The number of nitro groups is 1. The molecule has 0 aromatic carbocycles. The lowest BCUT2D eigenvalue weighted by Gasteiger charge is -2.06. The van der Waals surface area contributed by atoms with Crippen LogP contribution in [0, 0.1) is 10.1 Å². The number of hydrogen-bond acceptors (Lipinski definition) is 6. The highest BCUT2D eigenvalue weighted by molar-refractivity contribution is 5.46. The largest absolute Gasteiger partial charge is 0.470 e. The molecule has 17 heavy (non-hydrogen) atoms. The third kappa shape index (κ3) is 4.23. The van der Waals surface area contributed by atoms with Gasteiger partial charge in [-0.2, -0.15) is 4.98 Å². The standard InChI is InChI=1S/C10H15N3O4/c1-2-5-16-6-7-17-10-8(13(14)15)3-4-9(11)12-10/h3-4H,2,5-7H2,1H3,(H2,11,12). The van der Waals surface area contributed by atoms with E-state index in [-0.39, 0.29) is 24.0 Å². The second kappa shape index (κ2) is 6.64. The molecule has 0 aliphatic heterocycles. The Kier molecular flexibility index (Phi) is 5.15. The smallest absolute Gasteiger partial charge is 0.331 e. The molecule has 0 radical (unpaired) electrons. The molecular formula is C10H15N3O4. The lowest BCUT2D eigenvalue weighted by atomic mass is 10.4. The van der Waals surface area contributed by atoms with Gasteiger partial charge in [0.05, 0.1) is 11.5 Å². The van der Waals surface area contributed by atoms with Gasteiger partial charge in [0.2, 0.25) is 0 Å². The number of aromatic nitrogens is 1. The monoisotopic (exact) mass is 241 g/mol. The average molecular weight is 241 g/mol. The molecule has 0 saturated heterocycles. The van der Waals surface area contributed by atoms with Crippen molar-refractivity contribution in [3.63, 3.8) is 0 Å². The van der Waals surface area contributed by atoms with Crippen LogP contribution in [0.3, 0.4) is 0 Å². The fourth-order valence-electron chi connectivity index (χ4n) is 1.14. The molecule has 0 aliphatic rings. The van der Waals surface area contributed by atoms with Crippen LogP contribution in [0.25, 0.3) is 0 Å². The van der Waals surface area contributed by atoms with Gasteiger partial charge >= 0.3 is 5.69 Å². The predicted octanol–water partition coefficient (Wildman–Crippen LogP) is 1.38. The minimum absolute atomic E-state index is 0.0740. The van der Waals surface area contributed by atoms with E-state index in [2.05, 4.69) is 4.98 Å². The molecular weight excluding hydrogens is 226 g/mol. The summed E-state index contributed by atoms with van der Waals surface area (Å²) in [7, 11) is 0. The Balaban J connectivity index is 2.56. The van der Waals surface area contributed by atoms with Gasteiger partial charge in [-0.05, 0) is 12.5 Å². The zero-order valence-electron chi connectivity index (χ0n) is 9.59. The predicted molar refractivity (Wildman–Crippen MR) is 61.9 cm³/mol. The molecule has 1 heterocycles. The van der Waals surface area contributed by atoms with Crippen LogP contribution in [0.15, 0.2) is 12.1 Å². The first-order valence-corrected chi connectivity index (χ1v) is 5.26. The topological polar surface area (TPSA) is 101 Å². The summed E-state index contributed by atoms with van der Waals surface area (Å²) < 4.78 is 10.3. The van der Waals surface area contributed by atoms with E-state index in [9.17, 15) is 10.1 Å². The molecule has 7 nitrogen and oxygen atoms in total. The normalized spacial score (nSPS) is 10.2. The maximum atomic E-state index is 10.7. The quantitative estimate of drug-likeness (QED) is 0.439. The minimum Gasteiger partial charge on any atom is -0.470 e. The van der Waals surface area contributed by atoms with Gasteiger partial charge in [-0.1, -0.05) is 6.92 Å². The number of nitrogen functional groups attached to an aromatic ring is 1. The van der Waals surface area contributed by atoms with E-state index in [1.807, 2.05) is 6.92 Å². The van der Waals surface area contributed by atoms with Gasteiger partial charge in [-0.25, -0.2) is 0 Å². The average Bonchev–Trinajstić information content (AvgIpc) is 2.28. The van der Waals surface area contributed by atoms with E-state index in [1.54, 1.807) is 0 Å². The van der Waals surface area contributed by atoms with Crippen molar-refractivity contribution in [3.05, 3.63) is 22.2 Å². The second-order valence-electron chi connectivity index (χ2n) is 3.28. The number of anilines is 1. The molecule has 0 amide bonds. The highest BCUT2D eigenvalue weighted by Crippen LogP contribution is 2.24. The van der Waals surface area contributed by atoms with E-state index in [0.29, 0.717) is 13.2 Å². The van der Waals surface area contributed by atoms with E-state index in [4.69, 9.17) is 15.2 Å². The summed E-state index contributed by atoms with van der Waals surface area (Å²) in [5.41, 5.74) is 5.24. The molecule has 2 N–H and O–H groups in total. The fraction of sp³-hybridized carbons (Fsp3) is 0.500. The summed E-state index contributed by atoms with van der Waals surface area (Å²) in [6.07, 6.45) is 0.913. The summed E-state index contributed by atoms with van der Waals surface area (Å²) >= 11 is 0. The van der Waals surface area contributed by atoms with E-state index in [1.165, 1.54) is 12.1 Å². The first-order valence-electron chi connectivity index (χ1n) is 5.26. The van der Waals surface area contributed by atoms with Gasteiger partial charge in [0, 0.05) is 12.7 Å². The molecule has 7 heteroatoms. The van der Waals surface area contributed by atoms with Crippen LogP contribution < -0.4 is 10.5 Å². The van der Waals surface area contributed by atoms with Crippen molar-refractivity contribution in [1.82, 2.24) is 4.98 Å². The Morgan fingerprint density at radius 3 is 2.82 bits per heavy atom. The molecule has 0 bridgehead atoms. The number of rotatable bonds is 7. The molecule has 1 aromatic rings. The van der Waals surface area contributed by atoms with E-state index >= 15 is 0 Å². The van der Waals surface area contributed by atoms with Gasteiger partial charge in [0.1, 0.15) is 12.4 Å². The first-order chi connectivity index (χ1) is 8.15. The second-order valence-corrected chi connectivity index (χ2v) is 3.28. The van der Waals surface area contributed by atoms with Crippen molar-refractivity contribution in [3.8, 4) is 5.88 Å². The van der Waals surface area contributed by atoms with Crippen LogP contribution in [0.5, 0.6) is 5.88 Å². The Morgan fingerprint density at radius 2 is 2.18 bits per heavy atom. The van der Waals surface area contributed by atoms with Gasteiger partial charge in [-0.3, -0.25) is 10.1 Å². The van der Waals surface area contributed by atoms with Gasteiger partial charge in [0.15, 0.2) is 0 Å². The number of hydrogen-bond donors (Lipinski definition) is 1. The van der Waals surface area contributed by atoms with Crippen LogP contribution in [0.4, 0.5) is 11.5 Å². The summed E-state index contributed by atoms with van der Waals surface area (Å²) in [5.74, 6) is 0.107. The van der Waals surface area contributed by atoms with Crippen molar-refractivity contribution < 1.29 is 14.4 Å². The lowest BCUT2D eigenvalue weighted by Crippen LogP contribution is -2.09. The van der Waals surface area contributed by atoms with Gasteiger partial charge in [-0.15, -0.1) is 0 Å². The van der Waals surface area contributed by atoms with E-state index in [0.717, 1.165) is 6.42 Å². The van der Waals surface area contributed by atoms with Gasteiger partial charge in [0.25, 0.3) is 5.88 Å². The zero-order chi connectivity index (χ0) is 12.7. The Bertz CT molecular complexity index is 384. The molecule has 1 aromatic heterocycles. The van der Waals surface area contributed by atoms with Crippen LogP contribution >= 0.6 is 0 Å². The van der Waals surface area contributed by atoms with Crippen molar-refractivity contribution in [2.75, 3.05) is 25.6 Å². The SMILES string of the molecule is CCCOCCOc1nc(N)ccc1[N+](=O)[O-].